The van der Waals surface area contributed by atoms with E-state index in [9.17, 15) is 18.5 Å². The van der Waals surface area contributed by atoms with Crippen molar-refractivity contribution in [1.82, 2.24) is 5.01 Å². The molecular formula is C23H18F2N2O2. The number of hydrogen-bond acceptors (Lipinski definition) is 3. The van der Waals surface area contributed by atoms with Crippen LogP contribution in [0.5, 0.6) is 0 Å². The smallest absolute Gasteiger partial charge is 0.145 e. The Morgan fingerprint density at radius 2 is 1.31 bits per heavy atom. The molecule has 146 valence electrons. The average molecular weight is 392 g/mol. The van der Waals surface area contributed by atoms with Crippen LogP contribution in [-0.2, 0) is 4.79 Å². The lowest BCUT2D eigenvalue weighted by Crippen LogP contribution is -2.41. The molecule has 29 heavy (non-hydrogen) atoms. The fourth-order valence-electron chi connectivity index (χ4n) is 4.03. The number of hydrogen-bond donors (Lipinski definition) is 0. The Morgan fingerprint density at radius 1 is 0.759 bits per heavy atom. The number of benzene rings is 3. The van der Waals surface area contributed by atoms with E-state index < -0.39 is 29.6 Å². The van der Waals surface area contributed by atoms with Crippen LogP contribution < -0.4 is 0 Å². The summed E-state index contributed by atoms with van der Waals surface area (Å²) < 4.78 is 26.9. The molecule has 4 nitrogen and oxygen atoms in total. The minimum absolute atomic E-state index is 0.0558. The van der Waals surface area contributed by atoms with Gasteiger partial charge < -0.3 is 0 Å². The van der Waals surface area contributed by atoms with Gasteiger partial charge in [-0.1, -0.05) is 54.6 Å². The second-order valence-corrected chi connectivity index (χ2v) is 7.08. The van der Waals surface area contributed by atoms with Crippen molar-refractivity contribution in [3.63, 3.8) is 0 Å². The van der Waals surface area contributed by atoms with Gasteiger partial charge in [-0.2, -0.15) is 0 Å². The van der Waals surface area contributed by atoms with Gasteiger partial charge in [-0.15, -0.1) is 4.91 Å². The van der Waals surface area contributed by atoms with E-state index in [0.717, 1.165) is 5.56 Å². The number of nitrogens with zero attached hydrogens (tertiary/aromatic N) is 2. The average Bonchev–Trinajstić information content (AvgIpc) is 2.75. The maximum atomic E-state index is 13.5. The van der Waals surface area contributed by atoms with Gasteiger partial charge in [-0.25, -0.2) is 13.8 Å². The highest BCUT2D eigenvalue weighted by molar-refractivity contribution is 5.88. The van der Waals surface area contributed by atoms with Gasteiger partial charge >= 0.3 is 0 Å². The third kappa shape index (κ3) is 3.66. The van der Waals surface area contributed by atoms with Gasteiger partial charge in [-0.05, 0) is 41.0 Å². The summed E-state index contributed by atoms with van der Waals surface area (Å²) >= 11 is 0. The van der Waals surface area contributed by atoms with Crippen LogP contribution in [0.1, 0.15) is 41.1 Å². The summed E-state index contributed by atoms with van der Waals surface area (Å²) in [5, 5.41) is 4.61. The van der Waals surface area contributed by atoms with Crippen molar-refractivity contribution in [2.75, 3.05) is 0 Å². The largest absolute Gasteiger partial charge is 0.299 e. The Balaban J connectivity index is 1.83. The van der Waals surface area contributed by atoms with Crippen LogP contribution in [0, 0.1) is 16.5 Å². The van der Waals surface area contributed by atoms with Gasteiger partial charge in [0.25, 0.3) is 0 Å². The number of rotatable bonds is 4. The number of nitroso groups, excluding NO2 is 1. The number of carbonyl (C=O) groups is 1. The summed E-state index contributed by atoms with van der Waals surface area (Å²) in [6.45, 7) is 0. The van der Waals surface area contributed by atoms with E-state index in [0.29, 0.717) is 11.1 Å². The lowest BCUT2D eigenvalue weighted by atomic mass is 9.76. The predicted octanol–water partition coefficient (Wildman–Crippen LogP) is 5.49. The third-order valence-electron chi connectivity index (χ3n) is 5.38. The van der Waals surface area contributed by atoms with Gasteiger partial charge in [-0.3, -0.25) is 4.79 Å². The molecule has 1 aliphatic heterocycles. The molecule has 0 saturated carbocycles. The summed E-state index contributed by atoms with van der Waals surface area (Å²) in [6, 6.07) is 19.2. The molecule has 3 atom stereocenters. The highest BCUT2D eigenvalue weighted by Gasteiger charge is 2.45. The SMILES string of the molecule is O=NN1[C@@H](c2ccc(F)cc2)CC(=O)[C@H](c2ccccc2)[C@H]1c1ccc(F)cc1. The molecule has 0 N–H and O–H groups in total. The van der Waals surface area contributed by atoms with Gasteiger partial charge in [0, 0.05) is 6.42 Å². The summed E-state index contributed by atoms with van der Waals surface area (Å²) in [5.74, 6) is -1.50. The molecule has 0 aliphatic carbocycles. The van der Waals surface area contributed by atoms with Gasteiger partial charge in [0.15, 0.2) is 0 Å². The maximum Gasteiger partial charge on any atom is 0.145 e. The quantitative estimate of drug-likeness (QED) is 0.552. The van der Waals surface area contributed by atoms with Crippen LogP contribution >= 0.6 is 0 Å². The molecule has 0 unspecified atom stereocenters. The molecule has 3 aromatic rings. The van der Waals surface area contributed by atoms with E-state index in [1.807, 2.05) is 30.3 Å². The topological polar surface area (TPSA) is 49.7 Å². The Morgan fingerprint density at radius 3 is 1.86 bits per heavy atom. The normalized spacial score (nSPS) is 21.8. The van der Waals surface area contributed by atoms with Crippen LogP contribution in [-0.4, -0.2) is 10.8 Å². The van der Waals surface area contributed by atoms with Crippen molar-refractivity contribution in [1.29, 1.82) is 0 Å². The summed E-state index contributed by atoms with van der Waals surface area (Å²) in [5.41, 5.74) is 2.00. The third-order valence-corrected chi connectivity index (χ3v) is 5.38. The molecule has 4 rings (SSSR count). The monoisotopic (exact) mass is 392 g/mol. The molecule has 0 amide bonds. The van der Waals surface area contributed by atoms with Crippen LogP contribution in [0.25, 0.3) is 0 Å². The molecule has 6 heteroatoms. The minimum Gasteiger partial charge on any atom is -0.299 e. The molecular weight excluding hydrogens is 374 g/mol. The number of halogens is 2. The molecule has 0 aromatic heterocycles. The van der Waals surface area contributed by atoms with Gasteiger partial charge in [0.2, 0.25) is 0 Å². The van der Waals surface area contributed by atoms with Crippen molar-refractivity contribution >= 4 is 5.78 Å². The predicted molar refractivity (Wildman–Crippen MR) is 105 cm³/mol. The second-order valence-electron chi connectivity index (χ2n) is 7.08. The Bertz CT molecular complexity index is 1010. The zero-order chi connectivity index (χ0) is 20.4. The summed E-state index contributed by atoms with van der Waals surface area (Å²) in [4.78, 5) is 25.2. The first kappa shape index (κ1) is 18.9. The van der Waals surface area contributed by atoms with Crippen molar-refractivity contribution in [3.05, 3.63) is 112 Å². The van der Waals surface area contributed by atoms with Crippen molar-refractivity contribution in [3.8, 4) is 0 Å². The molecule has 1 saturated heterocycles. The maximum absolute atomic E-state index is 13.5. The first-order chi connectivity index (χ1) is 14.1. The van der Waals surface area contributed by atoms with E-state index in [1.54, 1.807) is 24.3 Å². The Hall–Kier alpha value is -3.41. The van der Waals surface area contributed by atoms with Crippen molar-refractivity contribution < 1.29 is 13.6 Å². The minimum atomic E-state index is -0.702. The molecule has 0 spiro atoms. The van der Waals surface area contributed by atoms with Crippen molar-refractivity contribution in [2.45, 2.75) is 24.4 Å². The van der Waals surface area contributed by atoms with Crippen LogP contribution in [0.3, 0.4) is 0 Å². The Kier molecular flexibility index (Phi) is 5.16. The number of Topliss-reactive ketones (excluding diaryl/α,β-unsaturated/α-hetero) is 1. The number of carbonyl (C=O) groups excluding carboxylic acids is 1. The van der Waals surface area contributed by atoms with E-state index in [1.165, 1.54) is 29.3 Å². The highest BCUT2D eigenvalue weighted by Crippen LogP contribution is 2.47. The van der Waals surface area contributed by atoms with Crippen LogP contribution in [0.2, 0.25) is 0 Å². The lowest BCUT2D eigenvalue weighted by molar-refractivity contribution is -0.128. The summed E-state index contributed by atoms with van der Waals surface area (Å²) in [7, 11) is 0. The first-order valence-electron chi connectivity index (χ1n) is 9.28. The van der Waals surface area contributed by atoms with Gasteiger partial charge in [0.1, 0.15) is 17.4 Å². The lowest BCUT2D eigenvalue weighted by Gasteiger charge is -2.42. The van der Waals surface area contributed by atoms with E-state index in [4.69, 9.17) is 0 Å². The second kappa shape index (κ2) is 7.91. The zero-order valence-electron chi connectivity index (χ0n) is 15.4. The highest BCUT2D eigenvalue weighted by atomic mass is 19.1. The zero-order valence-corrected chi connectivity index (χ0v) is 15.4. The number of piperidine rings is 1. The van der Waals surface area contributed by atoms with Gasteiger partial charge in [0.05, 0.1) is 23.3 Å². The number of ketones is 1. The molecule has 0 radical (unpaired) electrons. The fraction of sp³-hybridized carbons (Fsp3) is 0.174. The fourth-order valence-corrected chi connectivity index (χ4v) is 4.03. The van der Waals surface area contributed by atoms with E-state index in [2.05, 4.69) is 5.29 Å². The molecule has 1 aliphatic rings. The first-order valence-corrected chi connectivity index (χ1v) is 9.28. The van der Waals surface area contributed by atoms with Crippen molar-refractivity contribution in [2.24, 2.45) is 5.29 Å². The summed E-state index contributed by atoms with van der Waals surface area (Å²) in [6.07, 6.45) is 0.0641. The Labute approximate surface area is 166 Å². The van der Waals surface area contributed by atoms with Crippen LogP contribution in [0.4, 0.5) is 8.78 Å². The molecule has 1 heterocycles. The molecule has 3 aromatic carbocycles. The molecule has 0 bridgehead atoms. The van der Waals surface area contributed by atoms with Crippen LogP contribution in [0.15, 0.2) is 84.1 Å². The van der Waals surface area contributed by atoms with E-state index >= 15 is 0 Å². The molecule has 1 fully saturated rings. The van der Waals surface area contributed by atoms with E-state index in [-0.39, 0.29) is 12.2 Å². The standard InChI is InChI=1S/C23H18F2N2O2/c24-18-10-6-15(7-11-18)20-14-21(28)22(16-4-2-1-3-5-16)23(27(20)26-29)17-8-12-19(25)13-9-17/h1-13,20,22-23H,14H2/t20-,22+,23-/m1/s1.